The molecule has 2 N–H and O–H groups in total. The van der Waals surface area contributed by atoms with Crippen LogP contribution in [0.2, 0.25) is 10.0 Å². The van der Waals surface area contributed by atoms with Crippen molar-refractivity contribution in [2.75, 3.05) is 7.11 Å². The van der Waals surface area contributed by atoms with Crippen molar-refractivity contribution < 1.29 is 9.47 Å². The minimum absolute atomic E-state index is 0.133. The van der Waals surface area contributed by atoms with E-state index in [1.54, 1.807) is 31.6 Å². The van der Waals surface area contributed by atoms with Gasteiger partial charge in [-0.3, -0.25) is 4.98 Å². The molecule has 1 heterocycles. The van der Waals surface area contributed by atoms with Crippen LogP contribution in [0.1, 0.15) is 22.7 Å². The van der Waals surface area contributed by atoms with Crippen molar-refractivity contribution in [3.8, 4) is 11.5 Å². The van der Waals surface area contributed by atoms with E-state index in [1.165, 1.54) is 0 Å². The first-order valence-corrected chi connectivity index (χ1v) is 9.21. The van der Waals surface area contributed by atoms with E-state index in [2.05, 4.69) is 4.98 Å². The Morgan fingerprint density at radius 2 is 1.81 bits per heavy atom. The molecule has 4 nitrogen and oxygen atoms in total. The van der Waals surface area contributed by atoms with Gasteiger partial charge in [-0.25, -0.2) is 0 Å². The van der Waals surface area contributed by atoms with Crippen molar-refractivity contribution in [1.82, 2.24) is 4.98 Å². The number of methoxy groups -OCH3 is 1. The second kappa shape index (κ2) is 9.09. The standard InChI is InChI=1S/C21H20Cl2N2O2/c1-26-21-11-14(10-19(24)16-3-2-8-25-12-16)5-7-20(21)27-13-15-4-6-17(22)18(23)9-15/h2-9,11-12,19H,10,13,24H2,1H3. The van der Waals surface area contributed by atoms with Crippen molar-refractivity contribution in [1.29, 1.82) is 0 Å². The van der Waals surface area contributed by atoms with E-state index in [0.29, 0.717) is 34.6 Å². The molecule has 0 bridgehead atoms. The molecule has 0 spiro atoms. The third-order valence-corrected chi connectivity index (χ3v) is 4.91. The molecule has 0 aliphatic heterocycles. The maximum absolute atomic E-state index is 6.28. The van der Waals surface area contributed by atoms with Gasteiger partial charge < -0.3 is 15.2 Å². The minimum atomic E-state index is -0.133. The Labute approximate surface area is 168 Å². The molecular formula is C21H20Cl2N2O2. The van der Waals surface area contributed by atoms with Crippen LogP contribution in [0.3, 0.4) is 0 Å². The van der Waals surface area contributed by atoms with Gasteiger partial charge in [0.15, 0.2) is 11.5 Å². The molecule has 140 valence electrons. The number of benzene rings is 2. The Bertz CT molecular complexity index is 904. The summed E-state index contributed by atoms with van der Waals surface area (Å²) in [5, 5.41) is 1.02. The van der Waals surface area contributed by atoms with E-state index in [4.69, 9.17) is 38.4 Å². The first kappa shape index (κ1) is 19.5. The summed E-state index contributed by atoms with van der Waals surface area (Å²) < 4.78 is 11.4. The fourth-order valence-electron chi connectivity index (χ4n) is 2.72. The molecule has 1 atom stereocenters. The average Bonchev–Trinajstić information content (AvgIpc) is 2.70. The number of nitrogens with zero attached hydrogens (tertiary/aromatic N) is 1. The van der Waals surface area contributed by atoms with Gasteiger partial charge >= 0.3 is 0 Å². The molecule has 0 fully saturated rings. The van der Waals surface area contributed by atoms with Crippen molar-refractivity contribution in [3.63, 3.8) is 0 Å². The predicted octanol–water partition coefficient (Wildman–Crippen LogP) is 5.22. The van der Waals surface area contributed by atoms with E-state index < -0.39 is 0 Å². The highest BCUT2D eigenvalue weighted by atomic mass is 35.5. The van der Waals surface area contributed by atoms with Crippen LogP contribution in [0, 0.1) is 0 Å². The van der Waals surface area contributed by atoms with E-state index in [-0.39, 0.29) is 6.04 Å². The van der Waals surface area contributed by atoms with Gasteiger partial charge in [-0.2, -0.15) is 0 Å². The summed E-state index contributed by atoms with van der Waals surface area (Å²) in [4.78, 5) is 4.12. The first-order valence-electron chi connectivity index (χ1n) is 8.46. The van der Waals surface area contributed by atoms with E-state index >= 15 is 0 Å². The van der Waals surface area contributed by atoms with Crippen LogP contribution in [0.25, 0.3) is 0 Å². The summed E-state index contributed by atoms with van der Waals surface area (Å²) in [5.74, 6) is 1.31. The average molecular weight is 403 g/mol. The van der Waals surface area contributed by atoms with Crippen molar-refractivity contribution in [2.45, 2.75) is 19.1 Å². The van der Waals surface area contributed by atoms with Crippen LogP contribution in [-0.4, -0.2) is 12.1 Å². The number of pyridine rings is 1. The smallest absolute Gasteiger partial charge is 0.161 e. The molecule has 3 rings (SSSR count). The zero-order chi connectivity index (χ0) is 19.2. The summed E-state index contributed by atoms with van der Waals surface area (Å²) in [6.07, 6.45) is 4.20. The van der Waals surface area contributed by atoms with Crippen LogP contribution in [0.15, 0.2) is 60.9 Å². The van der Waals surface area contributed by atoms with Crippen LogP contribution < -0.4 is 15.2 Å². The largest absolute Gasteiger partial charge is 0.493 e. The second-order valence-corrected chi connectivity index (χ2v) is 6.93. The topological polar surface area (TPSA) is 57.4 Å². The number of hydrogen-bond donors (Lipinski definition) is 1. The number of aromatic nitrogens is 1. The Kier molecular flexibility index (Phi) is 6.56. The molecule has 0 amide bonds. The lowest BCUT2D eigenvalue weighted by atomic mass is 10.0. The van der Waals surface area contributed by atoms with Crippen LogP contribution in [0.4, 0.5) is 0 Å². The lowest BCUT2D eigenvalue weighted by Gasteiger charge is -2.15. The van der Waals surface area contributed by atoms with Gasteiger partial charge in [-0.1, -0.05) is 41.4 Å². The molecule has 0 saturated carbocycles. The molecular weight excluding hydrogens is 383 g/mol. The molecule has 3 aromatic rings. The number of nitrogens with two attached hydrogens (primary N) is 1. The SMILES string of the molecule is COc1cc(CC(N)c2cccnc2)ccc1OCc1ccc(Cl)c(Cl)c1. The van der Waals surface area contributed by atoms with E-state index in [0.717, 1.165) is 16.7 Å². The predicted molar refractivity (Wildman–Crippen MR) is 109 cm³/mol. The van der Waals surface area contributed by atoms with Crippen molar-refractivity contribution in [3.05, 3.63) is 87.7 Å². The monoisotopic (exact) mass is 402 g/mol. The zero-order valence-corrected chi connectivity index (χ0v) is 16.4. The molecule has 27 heavy (non-hydrogen) atoms. The quantitative estimate of drug-likeness (QED) is 0.588. The van der Waals surface area contributed by atoms with Gasteiger partial charge in [0.2, 0.25) is 0 Å². The summed E-state index contributed by atoms with van der Waals surface area (Å²) in [7, 11) is 1.62. The summed E-state index contributed by atoms with van der Waals surface area (Å²) in [5.41, 5.74) is 9.26. The molecule has 0 aliphatic carbocycles. The number of ether oxygens (including phenoxy) is 2. The van der Waals surface area contributed by atoms with Gasteiger partial charge in [0.25, 0.3) is 0 Å². The highest BCUT2D eigenvalue weighted by Crippen LogP contribution is 2.31. The lowest BCUT2D eigenvalue weighted by molar-refractivity contribution is 0.284. The van der Waals surface area contributed by atoms with E-state index in [9.17, 15) is 0 Å². The number of halogens is 2. The van der Waals surface area contributed by atoms with Crippen molar-refractivity contribution in [2.24, 2.45) is 5.73 Å². The summed E-state index contributed by atoms with van der Waals surface area (Å²) in [6, 6.07) is 15.0. The highest BCUT2D eigenvalue weighted by Gasteiger charge is 2.11. The third-order valence-electron chi connectivity index (χ3n) is 4.17. The second-order valence-electron chi connectivity index (χ2n) is 6.12. The Morgan fingerprint density at radius 1 is 1.00 bits per heavy atom. The molecule has 1 unspecified atom stereocenters. The molecule has 1 aromatic heterocycles. The molecule has 0 radical (unpaired) electrons. The molecule has 6 heteroatoms. The first-order chi connectivity index (χ1) is 13.1. The van der Waals surface area contributed by atoms with Crippen LogP contribution >= 0.6 is 23.2 Å². The minimum Gasteiger partial charge on any atom is -0.493 e. The number of rotatable bonds is 7. The maximum atomic E-state index is 6.28. The third kappa shape index (κ3) is 5.13. The maximum Gasteiger partial charge on any atom is 0.161 e. The van der Waals surface area contributed by atoms with Crippen LogP contribution in [-0.2, 0) is 13.0 Å². The highest BCUT2D eigenvalue weighted by molar-refractivity contribution is 6.42. The zero-order valence-electron chi connectivity index (χ0n) is 14.9. The fraction of sp³-hybridized carbons (Fsp3) is 0.190. The van der Waals surface area contributed by atoms with Gasteiger partial charge in [0.1, 0.15) is 6.61 Å². The molecule has 0 saturated heterocycles. The Hall–Kier alpha value is -2.27. The summed E-state index contributed by atoms with van der Waals surface area (Å²) >= 11 is 12.0. The van der Waals surface area contributed by atoms with Crippen LogP contribution in [0.5, 0.6) is 11.5 Å². The van der Waals surface area contributed by atoms with Gasteiger partial charge in [-0.15, -0.1) is 0 Å². The normalized spacial score (nSPS) is 11.9. The van der Waals surface area contributed by atoms with Crippen molar-refractivity contribution >= 4 is 23.2 Å². The van der Waals surface area contributed by atoms with Gasteiger partial charge in [-0.05, 0) is 53.4 Å². The van der Waals surface area contributed by atoms with E-state index in [1.807, 2.05) is 36.4 Å². The molecule has 2 aromatic carbocycles. The number of hydrogen-bond acceptors (Lipinski definition) is 4. The Balaban J connectivity index is 1.69. The molecule has 0 aliphatic rings. The lowest BCUT2D eigenvalue weighted by Crippen LogP contribution is -2.13. The van der Waals surface area contributed by atoms with Gasteiger partial charge in [0, 0.05) is 18.4 Å². The fourth-order valence-corrected chi connectivity index (χ4v) is 3.04. The summed E-state index contributed by atoms with van der Waals surface area (Å²) in [6.45, 7) is 0.363. The van der Waals surface area contributed by atoms with Gasteiger partial charge in [0.05, 0.1) is 17.2 Å². The Morgan fingerprint density at radius 3 is 2.52 bits per heavy atom.